The van der Waals surface area contributed by atoms with Gasteiger partial charge in [0.2, 0.25) is 5.95 Å². The van der Waals surface area contributed by atoms with Crippen molar-refractivity contribution in [3.05, 3.63) is 11.3 Å². The van der Waals surface area contributed by atoms with Gasteiger partial charge in [-0.2, -0.15) is 4.98 Å². The van der Waals surface area contributed by atoms with E-state index in [0.29, 0.717) is 18.4 Å². The second kappa shape index (κ2) is 6.35. The van der Waals surface area contributed by atoms with Crippen LogP contribution in [0.5, 0.6) is 0 Å². The maximum atomic E-state index is 11.2. The third-order valence-electron chi connectivity index (χ3n) is 6.37. The van der Waals surface area contributed by atoms with Crippen LogP contribution < -0.4 is 10.6 Å². The minimum absolute atomic E-state index is 0.00959. The molecule has 2 fully saturated rings. The Balaban J connectivity index is 1.63. The zero-order valence-corrected chi connectivity index (χ0v) is 14.8. The summed E-state index contributed by atoms with van der Waals surface area (Å²) in [6, 6.07) is 0.00959. The Morgan fingerprint density at radius 2 is 2.04 bits per heavy atom. The molecule has 1 aromatic heterocycles. The lowest BCUT2D eigenvalue weighted by Gasteiger charge is -2.37. The molecule has 136 valence electrons. The van der Waals surface area contributed by atoms with Gasteiger partial charge in [0.15, 0.2) is 0 Å². The summed E-state index contributed by atoms with van der Waals surface area (Å²) in [7, 11) is 1.65. The van der Waals surface area contributed by atoms with Gasteiger partial charge < -0.3 is 20.6 Å². The molecule has 2 aliphatic carbocycles. The minimum atomic E-state index is -0.874. The van der Waals surface area contributed by atoms with Gasteiger partial charge >= 0.3 is 6.09 Å². The van der Waals surface area contributed by atoms with E-state index >= 15 is 0 Å². The lowest BCUT2D eigenvalue weighted by atomic mass is 9.70. The van der Waals surface area contributed by atoms with E-state index in [-0.39, 0.29) is 6.04 Å². The average Bonchev–Trinajstić information content (AvgIpc) is 3.10. The summed E-state index contributed by atoms with van der Waals surface area (Å²) in [6.45, 7) is 1.50. The average molecular weight is 345 g/mol. The number of nitrogens with zero attached hydrogens (tertiary/aromatic N) is 4. The third kappa shape index (κ3) is 2.89. The molecule has 1 aliphatic heterocycles. The van der Waals surface area contributed by atoms with E-state index < -0.39 is 6.09 Å². The van der Waals surface area contributed by atoms with Crippen LogP contribution in [0.15, 0.2) is 0 Å². The molecule has 3 aliphatic rings. The van der Waals surface area contributed by atoms with Crippen LogP contribution in [0, 0.1) is 5.92 Å². The van der Waals surface area contributed by atoms with Crippen LogP contribution >= 0.6 is 0 Å². The lowest BCUT2D eigenvalue weighted by Crippen LogP contribution is -2.38. The van der Waals surface area contributed by atoms with Crippen molar-refractivity contribution in [1.29, 1.82) is 0 Å². The van der Waals surface area contributed by atoms with Crippen molar-refractivity contribution in [1.82, 2.24) is 14.9 Å². The molecule has 2 heterocycles. The summed E-state index contributed by atoms with van der Waals surface area (Å²) in [6.07, 6.45) is 7.30. The highest BCUT2D eigenvalue weighted by molar-refractivity contribution is 5.65. The minimum Gasteiger partial charge on any atom is -0.465 e. The number of fused-ring (bicyclic) bond motifs is 3. The highest BCUT2D eigenvalue weighted by atomic mass is 16.4. The fourth-order valence-corrected chi connectivity index (χ4v) is 4.96. The number of rotatable bonds is 2. The molecule has 2 unspecified atom stereocenters. The van der Waals surface area contributed by atoms with E-state index in [4.69, 9.17) is 5.73 Å². The van der Waals surface area contributed by atoms with E-state index in [2.05, 4.69) is 14.9 Å². The van der Waals surface area contributed by atoms with Crippen LogP contribution in [0.1, 0.15) is 55.7 Å². The molecule has 7 nitrogen and oxygen atoms in total. The second-order valence-corrected chi connectivity index (χ2v) is 7.74. The van der Waals surface area contributed by atoms with E-state index in [9.17, 15) is 9.90 Å². The first kappa shape index (κ1) is 16.4. The maximum Gasteiger partial charge on any atom is 0.407 e. The fraction of sp³-hybridized carbons (Fsp3) is 0.722. The molecule has 25 heavy (non-hydrogen) atoms. The second-order valence-electron chi connectivity index (χ2n) is 7.74. The molecule has 1 aromatic rings. The third-order valence-corrected chi connectivity index (χ3v) is 6.37. The number of nitrogens with two attached hydrogens (primary N) is 1. The number of amides is 1. The molecule has 3 N–H and O–H groups in total. The van der Waals surface area contributed by atoms with E-state index in [0.717, 1.165) is 31.1 Å². The molecular formula is C18H27N5O2. The van der Waals surface area contributed by atoms with Crippen LogP contribution in [-0.4, -0.2) is 52.2 Å². The van der Waals surface area contributed by atoms with E-state index in [1.54, 1.807) is 7.05 Å². The number of aromatic nitrogens is 2. The van der Waals surface area contributed by atoms with Gasteiger partial charge in [-0.1, -0.05) is 12.8 Å². The molecule has 1 amide bonds. The first-order valence-corrected chi connectivity index (χ1v) is 9.41. The fourth-order valence-electron chi connectivity index (χ4n) is 4.96. The highest BCUT2D eigenvalue weighted by Gasteiger charge is 2.37. The molecule has 0 aromatic carbocycles. The zero-order chi connectivity index (χ0) is 17.6. The predicted molar refractivity (Wildman–Crippen MR) is 95.9 cm³/mol. The Bertz CT molecular complexity index is 680. The largest absolute Gasteiger partial charge is 0.465 e. The van der Waals surface area contributed by atoms with Crippen LogP contribution in [-0.2, 0) is 6.42 Å². The molecule has 0 bridgehead atoms. The quantitative estimate of drug-likeness (QED) is 0.855. The molecule has 0 radical (unpaired) electrons. The molecule has 1 saturated heterocycles. The van der Waals surface area contributed by atoms with Gasteiger partial charge in [0.05, 0.1) is 11.7 Å². The van der Waals surface area contributed by atoms with Gasteiger partial charge in [0.25, 0.3) is 0 Å². The Morgan fingerprint density at radius 1 is 1.24 bits per heavy atom. The first-order valence-electron chi connectivity index (χ1n) is 9.41. The van der Waals surface area contributed by atoms with Crippen molar-refractivity contribution in [2.45, 2.75) is 56.9 Å². The van der Waals surface area contributed by atoms with Crippen LogP contribution in [0.4, 0.5) is 16.6 Å². The zero-order valence-electron chi connectivity index (χ0n) is 14.8. The number of carbonyl (C=O) groups is 1. The predicted octanol–water partition coefficient (Wildman–Crippen LogP) is 2.47. The van der Waals surface area contributed by atoms with Crippen molar-refractivity contribution >= 4 is 17.9 Å². The topological polar surface area (TPSA) is 95.6 Å². The van der Waals surface area contributed by atoms with Crippen molar-refractivity contribution < 1.29 is 9.90 Å². The summed E-state index contributed by atoms with van der Waals surface area (Å²) in [4.78, 5) is 24.1. The van der Waals surface area contributed by atoms with Gasteiger partial charge in [0, 0.05) is 31.6 Å². The molecular weight excluding hydrogens is 318 g/mol. The van der Waals surface area contributed by atoms with Gasteiger partial charge in [-0.05, 0) is 38.0 Å². The summed E-state index contributed by atoms with van der Waals surface area (Å²) >= 11 is 0. The van der Waals surface area contributed by atoms with Gasteiger partial charge in [-0.25, -0.2) is 9.78 Å². The maximum absolute atomic E-state index is 11.2. The number of carboxylic acid groups (broad SMARTS) is 1. The molecule has 4 rings (SSSR count). The normalized spacial score (nSPS) is 28.4. The van der Waals surface area contributed by atoms with Crippen molar-refractivity contribution in [2.24, 2.45) is 5.92 Å². The monoisotopic (exact) mass is 345 g/mol. The lowest BCUT2D eigenvalue weighted by molar-refractivity contribution is 0.142. The van der Waals surface area contributed by atoms with Crippen LogP contribution in [0.2, 0.25) is 0 Å². The van der Waals surface area contributed by atoms with Crippen molar-refractivity contribution in [3.63, 3.8) is 0 Å². The Labute approximate surface area is 148 Å². The van der Waals surface area contributed by atoms with E-state index in [1.807, 2.05) is 0 Å². The molecule has 0 spiro atoms. The molecule has 1 saturated carbocycles. The smallest absolute Gasteiger partial charge is 0.407 e. The summed E-state index contributed by atoms with van der Waals surface area (Å²) in [5.41, 5.74) is 8.50. The Hall–Kier alpha value is -2.05. The summed E-state index contributed by atoms with van der Waals surface area (Å²) in [5.74, 6) is 2.58. The van der Waals surface area contributed by atoms with E-state index in [1.165, 1.54) is 48.3 Å². The SMILES string of the molecule is CN(C(=O)O)[C@@H]1CCN(c2nc(N)nc3c2CCC2CCCCC32)C1. The summed E-state index contributed by atoms with van der Waals surface area (Å²) in [5, 5.41) is 9.23. The molecule has 7 heteroatoms. The Kier molecular flexibility index (Phi) is 4.17. The highest BCUT2D eigenvalue weighted by Crippen LogP contribution is 2.46. The van der Waals surface area contributed by atoms with Gasteiger partial charge in [-0.15, -0.1) is 0 Å². The van der Waals surface area contributed by atoms with Crippen LogP contribution in [0.3, 0.4) is 0 Å². The number of likely N-dealkylation sites (N-methyl/N-ethyl adjacent to an activating group) is 1. The number of nitrogen functional groups attached to an aromatic ring is 1. The standard InChI is InChI=1S/C18H27N5O2/c1-22(18(24)25)12-8-9-23(10-12)16-14-7-6-11-4-2-3-5-13(11)15(14)20-17(19)21-16/h11-13H,2-10H2,1H3,(H,24,25)(H2,19,20,21)/t11?,12-,13?/m1/s1. The number of hydrogen-bond acceptors (Lipinski definition) is 5. The van der Waals surface area contributed by atoms with Crippen molar-refractivity contribution in [3.8, 4) is 0 Å². The first-order chi connectivity index (χ1) is 12.0. The van der Waals surface area contributed by atoms with Crippen molar-refractivity contribution in [2.75, 3.05) is 30.8 Å². The summed E-state index contributed by atoms with van der Waals surface area (Å²) < 4.78 is 0. The Morgan fingerprint density at radius 3 is 2.84 bits per heavy atom. The van der Waals surface area contributed by atoms with Gasteiger partial charge in [-0.3, -0.25) is 0 Å². The number of anilines is 2. The van der Waals surface area contributed by atoms with Crippen LogP contribution in [0.25, 0.3) is 0 Å². The molecule has 3 atom stereocenters. The number of hydrogen-bond donors (Lipinski definition) is 2. The van der Waals surface area contributed by atoms with Gasteiger partial charge in [0.1, 0.15) is 5.82 Å².